The van der Waals surface area contributed by atoms with Gasteiger partial charge in [-0.05, 0) is 48.9 Å². The second-order valence-corrected chi connectivity index (χ2v) is 10.2. The minimum absolute atomic E-state index is 0.0241. The van der Waals surface area contributed by atoms with Gasteiger partial charge in [-0.3, -0.25) is 14.4 Å². The van der Waals surface area contributed by atoms with Gasteiger partial charge in [0.05, 0.1) is 12.7 Å². The average molecular weight is 583 g/mol. The quantitative estimate of drug-likeness (QED) is 0.231. The molecule has 0 bridgehead atoms. The lowest BCUT2D eigenvalue weighted by molar-refractivity contribution is -0.154. The molecule has 10 heteroatoms. The van der Waals surface area contributed by atoms with Gasteiger partial charge in [-0.15, -0.1) is 0 Å². The van der Waals surface area contributed by atoms with E-state index < -0.39 is 35.6 Å². The van der Waals surface area contributed by atoms with Crippen LogP contribution in [0.1, 0.15) is 46.3 Å². The third-order valence-corrected chi connectivity index (χ3v) is 7.40. The number of benzene rings is 3. The van der Waals surface area contributed by atoms with Gasteiger partial charge in [-0.2, -0.15) is 13.2 Å². The van der Waals surface area contributed by atoms with Crippen molar-refractivity contribution in [3.8, 4) is 5.75 Å². The summed E-state index contributed by atoms with van der Waals surface area (Å²) in [5, 5.41) is 0. The molecule has 3 aromatic carbocycles. The summed E-state index contributed by atoms with van der Waals surface area (Å²) in [5.41, 5.74) is 0.363. The van der Waals surface area contributed by atoms with Gasteiger partial charge >= 0.3 is 12.1 Å². The molecule has 222 valence electrons. The lowest BCUT2D eigenvalue weighted by Gasteiger charge is -2.29. The third kappa shape index (κ3) is 7.17. The normalized spacial score (nSPS) is 17.0. The van der Waals surface area contributed by atoms with E-state index in [0.717, 1.165) is 6.07 Å². The summed E-state index contributed by atoms with van der Waals surface area (Å²) in [7, 11) is 3.27. The molecule has 0 aromatic heterocycles. The van der Waals surface area contributed by atoms with Gasteiger partial charge in [-0.1, -0.05) is 48.5 Å². The van der Waals surface area contributed by atoms with E-state index in [-0.39, 0.29) is 43.0 Å². The van der Waals surface area contributed by atoms with E-state index >= 15 is 0 Å². The first kappa shape index (κ1) is 30.8. The number of hydrogen-bond acceptors (Lipinski definition) is 6. The summed E-state index contributed by atoms with van der Waals surface area (Å²) < 4.78 is 53.5. The fraction of sp³-hybridized carbons (Fsp3) is 0.344. The number of anilines is 1. The number of fused-ring (bicyclic) bond motifs is 1. The van der Waals surface area contributed by atoms with Gasteiger partial charge in [0.1, 0.15) is 5.75 Å². The summed E-state index contributed by atoms with van der Waals surface area (Å²) in [5.74, 6) is -1.70. The zero-order valence-corrected chi connectivity index (χ0v) is 23.7. The molecule has 0 saturated carbocycles. The van der Waals surface area contributed by atoms with Crippen molar-refractivity contribution in [2.45, 2.75) is 38.0 Å². The number of carbonyl (C=O) groups excluding carboxylic acids is 3. The minimum Gasteiger partial charge on any atom is -0.497 e. The number of methoxy groups -OCH3 is 1. The van der Waals surface area contributed by atoms with Gasteiger partial charge in [0, 0.05) is 50.1 Å². The molecule has 1 unspecified atom stereocenters. The maximum absolute atomic E-state index is 14.3. The van der Waals surface area contributed by atoms with Crippen molar-refractivity contribution >= 4 is 23.3 Å². The Kier molecular flexibility index (Phi) is 9.67. The van der Waals surface area contributed by atoms with E-state index in [4.69, 9.17) is 9.47 Å². The van der Waals surface area contributed by atoms with Crippen LogP contribution in [0.2, 0.25) is 0 Å². The first-order valence-electron chi connectivity index (χ1n) is 13.6. The Morgan fingerprint density at radius 2 is 1.67 bits per heavy atom. The van der Waals surface area contributed by atoms with Crippen LogP contribution in [-0.2, 0) is 26.9 Å². The van der Waals surface area contributed by atoms with E-state index in [1.165, 1.54) is 31.1 Å². The molecular formula is C32H33F3N2O5. The van der Waals surface area contributed by atoms with E-state index in [1.54, 1.807) is 55.6 Å². The van der Waals surface area contributed by atoms with Gasteiger partial charge < -0.3 is 19.3 Å². The molecule has 0 spiro atoms. The smallest absolute Gasteiger partial charge is 0.416 e. The molecule has 0 radical (unpaired) electrons. The largest absolute Gasteiger partial charge is 0.497 e. The van der Waals surface area contributed by atoms with Crippen LogP contribution in [0, 0.1) is 0 Å². The van der Waals surface area contributed by atoms with Gasteiger partial charge in [-0.25, -0.2) is 0 Å². The Balaban J connectivity index is 1.66. The van der Waals surface area contributed by atoms with Crippen LogP contribution >= 0.6 is 0 Å². The highest BCUT2D eigenvalue weighted by Crippen LogP contribution is 2.43. The van der Waals surface area contributed by atoms with Crippen molar-refractivity contribution in [3.05, 3.63) is 95.1 Å². The van der Waals surface area contributed by atoms with Crippen molar-refractivity contribution < 1.29 is 37.0 Å². The Morgan fingerprint density at radius 3 is 2.29 bits per heavy atom. The second-order valence-electron chi connectivity index (χ2n) is 10.2. The molecular weight excluding hydrogens is 549 g/mol. The molecule has 0 fully saturated rings. The standard InChI is InChI=1S/C32H33F3N2O5/c1-21(38)42-30-25(22-12-14-24(41-3)15-13-22)20-26-27(32(33,34)35)10-7-11-28(26)37(31(30)40)19-18-36(2)17-16-29(39)23-8-5-4-6-9-23/h4-15,25,30H,16-20H2,1-3H3/t25?,30-/m1/s1. The van der Waals surface area contributed by atoms with Crippen molar-refractivity contribution in [1.29, 1.82) is 0 Å². The number of amides is 1. The molecule has 0 aliphatic carbocycles. The molecule has 0 saturated heterocycles. The van der Waals surface area contributed by atoms with Gasteiger partial charge in [0.15, 0.2) is 11.9 Å². The number of hydrogen-bond donors (Lipinski definition) is 0. The van der Waals surface area contributed by atoms with Crippen LogP contribution in [0.15, 0.2) is 72.8 Å². The molecule has 3 aromatic rings. The van der Waals surface area contributed by atoms with E-state index in [1.807, 2.05) is 11.0 Å². The maximum atomic E-state index is 14.3. The van der Waals surface area contributed by atoms with Gasteiger partial charge in [0.25, 0.3) is 5.91 Å². The van der Waals surface area contributed by atoms with E-state index in [0.29, 0.717) is 23.4 Å². The number of ether oxygens (including phenoxy) is 2. The number of rotatable bonds is 10. The summed E-state index contributed by atoms with van der Waals surface area (Å²) in [6, 6.07) is 19.3. The van der Waals surface area contributed by atoms with Crippen LogP contribution in [0.3, 0.4) is 0 Å². The van der Waals surface area contributed by atoms with Crippen LogP contribution in [0.4, 0.5) is 18.9 Å². The highest BCUT2D eigenvalue weighted by atomic mass is 19.4. The number of nitrogens with zero attached hydrogens (tertiary/aromatic N) is 2. The minimum atomic E-state index is -4.67. The Bertz CT molecular complexity index is 1410. The highest BCUT2D eigenvalue weighted by Gasteiger charge is 2.44. The lowest BCUT2D eigenvalue weighted by Crippen LogP contribution is -2.46. The predicted molar refractivity (Wildman–Crippen MR) is 152 cm³/mol. The number of likely N-dealkylation sites (N-methyl/N-ethyl adjacent to an activating group) is 1. The zero-order chi connectivity index (χ0) is 30.4. The summed E-state index contributed by atoms with van der Waals surface area (Å²) in [4.78, 5) is 41.9. The van der Waals surface area contributed by atoms with Crippen molar-refractivity contribution in [3.63, 3.8) is 0 Å². The first-order valence-corrected chi connectivity index (χ1v) is 13.6. The molecule has 7 nitrogen and oxygen atoms in total. The zero-order valence-electron chi connectivity index (χ0n) is 23.7. The number of halogens is 3. The molecule has 2 atom stereocenters. The van der Waals surface area contributed by atoms with E-state index in [2.05, 4.69) is 0 Å². The molecule has 1 aliphatic rings. The van der Waals surface area contributed by atoms with Crippen LogP contribution in [0.25, 0.3) is 0 Å². The molecule has 1 amide bonds. The molecule has 1 heterocycles. The monoisotopic (exact) mass is 582 g/mol. The molecule has 42 heavy (non-hydrogen) atoms. The van der Waals surface area contributed by atoms with Crippen LogP contribution in [0.5, 0.6) is 5.75 Å². The topological polar surface area (TPSA) is 76.2 Å². The van der Waals surface area contributed by atoms with E-state index in [9.17, 15) is 27.6 Å². The Hall–Kier alpha value is -4.18. The number of carbonyl (C=O) groups is 3. The number of ketones is 1. The maximum Gasteiger partial charge on any atom is 0.416 e. The fourth-order valence-electron chi connectivity index (χ4n) is 5.21. The first-order chi connectivity index (χ1) is 20.0. The highest BCUT2D eigenvalue weighted by molar-refractivity contribution is 6.00. The number of Topliss-reactive ketones (excluding diaryl/α,β-unsaturated/α-hetero) is 1. The SMILES string of the molecule is COc1ccc(C2Cc3c(cccc3C(F)(F)F)N(CCN(C)CCC(=O)c3ccccc3)C(=O)[C@@H]2OC(C)=O)cc1. The van der Waals surface area contributed by atoms with Crippen molar-refractivity contribution in [2.24, 2.45) is 0 Å². The third-order valence-electron chi connectivity index (χ3n) is 7.40. The molecule has 0 N–H and O–H groups in total. The van der Waals surface area contributed by atoms with Gasteiger partial charge in [0.2, 0.25) is 0 Å². The fourth-order valence-corrected chi connectivity index (χ4v) is 5.21. The molecule has 1 aliphatic heterocycles. The van der Waals surface area contributed by atoms with Crippen molar-refractivity contribution in [1.82, 2.24) is 4.90 Å². The summed E-state index contributed by atoms with van der Waals surface area (Å²) in [6.45, 7) is 1.84. The number of esters is 1. The van der Waals surface area contributed by atoms with Crippen LogP contribution in [-0.4, -0.2) is 62.5 Å². The average Bonchev–Trinajstić information content (AvgIpc) is 3.08. The second kappa shape index (κ2) is 13.2. The Labute approximate surface area is 242 Å². The Morgan fingerprint density at radius 1 is 0.976 bits per heavy atom. The van der Waals surface area contributed by atoms with Crippen LogP contribution < -0.4 is 9.64 Å². The van der Waals surface area contributed by atoms with Crippen molar-refractivity contribution in [2.75, 3.05) is 38.7 Å². The predicted octanol–water partition coefficient (Wildman–Crippen LogP) is 5.52. The lowest BCUT2D eigenvalue weighted by atomic mass is 9.86. The summed E-state index contributed by atoms with van der Waals surface area (Å²) >= 11 is 0. The number of alkyl halides is 3. The summed E-state index contributed by atoms with van der Waals surface area (Å²) in [6.07, 6.45) is -5.97. The molecule has 4 rings (SSSR count).